The van der Waals surface area contributed by atoms with Crippen molar-refractivity contribution in [1.29, 1.82) is 0 Å². The van der Waals surface area contributed by atoms with E-state index in [1.807, 2.05) is 60.7 Å². The number of carbonyl (C=O) groups is 1. The molecule has 0 atom stereocenters. The summed E-state index contributed by atoms with van der Waals surface area (Å²) < 4.78 is 5.57. The second-order valence-corrected chi connectivity index (χ2v) is 5.75. The molecule has 0 spiro atoms. The summed E-state index contributed by atoms with van der Waals surface area (Å²) in [4.78, 5) is 12.3. The van der Waals surface area contributed by atoms with Crippen LogP contribution in [0.25, 0.3) is 0 Å². The normalized spacial score (nSPS) is 15.3. The number of piperidine rings is 1. The first-order valence-electron chi connectivity index (χ1n) is 8.10. The predicted molar refractivity (Wildman–Crippen MR) is 90.2 cm³/mol. The molecule has 4 nitrogen and oxygen atoms in total. The van der Waals surface area contributed by atoms with E-state index in [1.54, 1.807) is 0 Å². The second kappa shape index (κ2) is 7.79. The van der Waals surface area contributed by atoms with Crippen LogP contribution in [0.1, 0.15) is 30.0 Å². The van der Waals surface area contributed by atoms with Crippen molar-refractivity contribution in [2.75, 3.05) is 13.1 Å². The second-order valence-electron chi connectivity index (χ2n) is 5.75. The maximum absolute atomic E-state index is 12.3. The molecule has 0 aliphatic carbocycles. The summed E-state index contributed by atoms with van der Waals surface area (Å²) >= 11 is 0. The fourth-order valence-electron chi connectivity index (χ4n) is 2.87. The first kappa shape index (κ1) is 15.6. The van der Waals surface area contributed by atoms with Crippen LogP contribution in [0.3, 0.4) is 0 Å². The van der Waals surface area contributed by atoms with Crippen LogP contribution in [-0.4, -0.2) is 25.3 Å². The van der Waals surface area contributed by atoms with E-state index < -0.39 is 0 Å². The van der Waals surface area contributed by atoms with Crippen molar-refractivity contribution in [2.45, 2.75) is 25.0 Å². The van der Waals surface area contributed by atoms with Gasteiger partial charge in [-0.3, -0.25) is 0 Å². The highest BCUT2D eigenvalue weighted by atomic mass is 16.6. The number of hydrogen-bond donors (Lipinski definition) is 2. The molecule has 2 aromatic carbocycles. The third kappa shape index (κ3) is 4.33. The summed E-state index contributed by atoms with van der Waals surface area (Å²) in [6, 6.07) is 19.7. The molecule has 2 N–H and O–H groups in total. The van der Waals surface area contributed by atoms with Gasteiger partial charge in [0.25, 0.3) is 0 Å². The number of hydrogen-bond acceptors (Lipinski definition) is 3. The van der Waals surface area contributed by atoms with Crippen LogP contribution in [0.15, 0.2) is 60.7 Å². The van der Waals surface area contributed by atoms with Gasteiger partial charge in [0.15, 0.2) is 0 Å². The predicted octanol–water partition coefficient (Wildman–Crippen LogP) is 3.25. The van der Waals surface area contributed by atoms with Gasteiger partial charge in [-0.1, -0.05) is 60.7 Å². The Morgan fingerprint density at radius 3 is 2.00 bits per heavy atom. The van der Waals surface area contributed by atoms with Crippen LogP contribution in [0.4, 0.5) is 4.79 Å². The fraction of sp³-hybridized carbons (Fsp3) is 0.316. The highest BCUT2D eigenvalue weighted by Crippen LogP contribution is 2.22. The van der Waals surface area contributed by atoms with Crippen molar-refractivity contribution in [1.82, 2.24) is 10.6 Å². The van der Waals surface area contributed by atoms with Gasteiger partial charge in [-0.25, -0.2) is 4.79 Å². The van der Waals surface area contributed by atoms with Crippen LogP contribution in [0, 0.1) is 0 Å². The first-order valence-corrected chi connectivity index (χ1v) is 8.10. The Labute approximate surface area is 136 Å². The Morgan fingerprint density at radius 2 is 1.48 bits per heavy atom. The number of ether oxygens (including phenoxy) is 1. The minimum absolute atomic E-state index is 0.00319. The van der Waals surface area contributed by atoms with Gasteiger partial charge >= 0.3 is 6.09 Å². The molecule has 1 saturated heterocycles. The maximum Gasteiger partial charge on any atom is 0.408 e. The molecule has 1 heterocycles. The molecular formula is C19H22N2O2. The van der Waals surface area contributed by atoms with Crippen molar-refractivity contribution in [2.24, 2.45) is 0 Å². The summed E-state index contributed by atoms with van der Waals surface area (Å²) in [7, 11) is 0. The van der Waals surface area contributed by atoms with Crippen molar-refractivity contribution < 1.29 is 9.53 Å². The van der Waals surface area contributed by atoms with E-state index in [4.69, 9.17) is 4.74 Å². The van der Waals surface area contributed by atoms with Crippen molar-refractivity contribution in [3.05, 3.63) is 71.8 Å². The van der Waals surface area contributed by atoms with E-state index in [1.165, 1.54) is 0 Å². The molecule has 1 aliphatic heterocycles. The minimum atomic E-state index is -0.352. The zero-order valence-corrected chi connectivity index (χ0v) is 13.1. The summed E-state index contributed by atoms with van der Waals surface area (Å²) in [6.45, 7) is 1.80. The summed E-state index contributed by atoms with van der Waals surface area (Å²) in [5.41, 5.74) is 2.09. The third-order valence-corrected chi connectivity index (χ3v) is 4.09. The number of carbonyl (C=O) groups excluding carboxylic acids is 1. The van der Waals surface area contributed by atoms with Crippen LogP contribution >= 0.6 is 0 Å². The molecular weight excluding hydrogens is 288 g/mol. The van der Waals surface area contributed by atoms with E-state index in [9.17, 15) is 4.79 Å². The molecule has 0 radical (unpaired) electrons. The minimum Gasteiger partial charge on any atom is -0.446 e. The molecule has 0 bridgehead atoms. The number of rotatable bonds is 4. The third-order valence-electron chi connectivity index (χ3n) is 4.09. The first-order chi connectivity index (χ1) is 11.3. The summed E-state index contributed by atoms with van der Waals surface area (Å²) in [5.74, 6) is 0. The van der Waals surface area contributed by atoms with Crippen molar-refractivity contribution in [3.8, 4) is 0 Å². The Bertz CT molecular complexity index is 570. The van der Waals surface area contributed by atoms with Gasteiger partial charge in [-0.15, -0.1) is 0 Å². The number of alkyl carbamates (subject to hydrolysis) is 1. The van der Waals surface area contributed by atoms with Crippen LogP contribution in [-0.2, 0) is 4.74 Å². The highest BCUT2D eigenvalue weighted by Gasteiger charge is 2.21. The number of benzene rings is 2. The highest BCUT2D eigenvalue weighted by molar-refractivity contribution is 5.69. The maximum atomic E-state index is 12.3. The van der Waals surface area contributed by atoms with Crippen LogP contribution < -0.4 is 10.6 Å². The monoisotopic (exact) mass is 310 g/mol. The standard InChI is InChI=1S/C19H22N2O2/c22-19(23-17-11-13-20-14-12-17)21-18(15-7-3-1-4-8-15)16-9-5-2-6-10-16/h1-10,17-18,20H,11-14H2,(H,21,22). The molecule has 120 valence electrons. The van der Waals surface area contributed by atoms with E-state index in [2.05, 4.69) is 10.6 Å². The average Bonchev–Trinajstić information content (AvgIpc) is 2.62. The Hall–Kier alpha value is -2.33. The average molecular weight is 310 g/mol. The lowest BCUT2D eigenvalue weighted by atomic mass is 9.99. The Balaban J connectivity index is 1.72. The molecule has 1 amide bonds. The number of amides is 1. The zero-order valence-electron chi connectivity index (χ0n) is 13.1. The lowest BCUT2D eigenvalue weighted by Crippen LogP contribution is -2.38. The van der Waals surface area contributed by atoms with Gasteiger partial charge < -0.3 is 15.4 Å². The largest absolute Gasteiger partial charge is 0.446 e. The Kier molecular flexibility index (Phi) is 5.27. The molecule has 1 aliphatic rings. The molecule has 0 unspecified atom stereocenters. The van der Waals surface area contributed by atoms with E-state index >= 15 is 0 Å². The molecule has 2 aromatic rings. The van der Waals surface area contributed by atoms with E-state index in [-0.39, 0.29) is 18.2 Å². The van der Waals surface area contributed by atoms with Crippen molar-refractivity contribution >= 4 is 6.09 Å². The molecule has 23 heavy (non-hydrogen) atoms. The molecule has 4 heteroatoms. The van der Waals surface area contributed by atoms with E-state index in [0.717, 1.165) is 37.1 Å². The number of nitrogens with one attached hydrogen (secondary N) is 2. The van der Waals surface area contributed by atoms with Crippen LogP contribution in [0.2, 0.25) is 0 Å². The SMILES string of the molecule is O=C(NC(c1ccccc1)c1ccccc1)OC1CCNCC1. The Morgan fingerprint density at radius 1 is 0.957 bits per heavy atom. The lowest BCUT2D eigenvalue weighted by molar-refractivity contribution is 0.0778. The molecule has 3 rings (SSSR count). The fourth-order valence-corrected chi connectivity index (χ4v) is 2.87. The smallest absolute Gasteiger partial charge is 0.408 e. The molecule has 0 saturated carbocycles. The van der Waals surface area contributed by atoms with Gasteiger partial charge in [0.1, 0.15) is 6.10 Å². The van der Waals surface area contributed by atoms with Gasteiger partial charge in [-0.05, 0) is 37.1 Å². The van der Waals surface area contributed by atoms with Crippen molar-refractivity contribution in [3.63, 3.8) is 0 Å². The van der Waals surface area contributed by atoms with Gasteiger partial charge in [-0.2, -0.15) is 0 Å². The topological polar surface area (TPSA) is 50.4 Å². The van der Waals surface area contributed by atoms with Gasteiger partial charge in [0, 0.05) is 0 Å². The van der Waals surface area contributed by atoms with E-state index in [0.29, 0.717) is 0 Å². The molecule has 1 fully saturated rings. The summed E-state index contributed by atoms with van der Waals surface area (Å²) in [6.07, 6.45) is 1.39. The quantitative estimate of drug-likeness (QED) is 0.911. The zero-order chi connectivity index (χ0) is 15.9. The van der Waals surface area contributed by atoms with Gasteiger partial charge in [0.2, 0.25) is 0 Å². The molecule has 0 aromatic heterocycles. The van der Waals surface area contributed by atoms with Gasteiger partial charge in [0.05, 0.1) is 6.04 Å². The lowest BCUT2D eigenvalue weighted by Gasteiger charge is -2.25. The van der Waals surface area contributed by atoms with Crippen LogP contribution in [0.5, 0.6) is 0 Å². The summed E-state index contributed by atoms with van der Waals surface area (Å²) in [5, 5.41) is 6.28.